The average Bonchev–Trinajstić information content (AvgIpc) is 3.24. The van der Waals surface area contributed by atoms with Crippen molar-refractivity contribution in [1.82, 2.24) is 50.0 Å². The molecule has 0 saturated heterocycles. The number of rotatable bonds is 2. The van der Waals surface area contributed by atoms with Gasteiger partial charge in [-0.15, -0.1) is 18.9 Å². The Morgan fingerprint density at radius 1 is 0.540 bits per heavy atom. The van der Waals surface area contributed by atoms with Crippen LogP contribution in [0.15, 0.2) is 79.8 Å². The standard InChI is InChI=1S/C39H44N10O14/c1-22-8-5-19-44(38(58)28-9-3-11-30(50)46(28)60)20-6-17-40-32(52)24-13-15-26(48(62)36(24)56)34(54)42-23(2)43-35(55)27-16-14-25(37(57)49(27)63)33(53)41-18-7-21-45(22)39(59)29-10-4-12-31(51)47(29)61/h3-4,9-16,22-23,60-63H,5-8,17-21H2,1-2H3,(H,40,52)(H,41,53)(H,42,54)(H,43,55). The first-order valence-corrected chi connectivity index (χ1v) is 19.4. The minimum Gasteiger partial charge on any atom is -0.425 e. The van der Waals surface area contributed by atoms with Crippen molar-refractivity contribution in [1.29, 1.82) is 0 Å². The zero-order valence-corrected chi connectivity index (χ0v) is 33.8. The van der Waals surface area contributed by atoms with E-state index in [1.807, 2.05) is 0 Å². The second-order valence-corrected chi connectivity index (χ2v) is 14.3. The van der Waals surface area contributed by atoms with E-state index in [4.69, 9.17) is 0 Å². The molecule has 24 heteroatoms. The number of aromatic nitrogens is 4. The zero-order chi connectivity index (χ0) is 46.1. The van der Waals surface area contributed by atoms with Crippen LogP contribution in [0.5, 0.6) is 0 Å². The topological polar surface area (TPSA) is 326 Å². The third-order valence-electron chi connectivity index (χ3n) is 9.95. The number of carbonyl (C=O) groups is 6. The van der Waals surface area contributed by atoms with Crippen molar-refractivity contribution >= 4 is 35.4 Å². The second kappa shape index (κ2) is 19.9. The largest absolute Gasteiger partial charge is 0.425 e. The van der Waals surface area contributed by atoms with Gasteiger partial charge < -0.3 is 51.9 Å². The smallest absolute Gasteiger partial charge is 0.296 e. The number of fused-ring (bicyclic) bond motifs is 2. The van der Waals surface area contributed by atoms with Crippen LogP contribution in [-0.2, 0) is 0 Å². The van der Waals surface area contributed by atoms with Crippen molar-refractivity contribution in [3.63, 3.8) is 0 Å². The van der Waals surface area contributed by atoms with E-state index in [-0.39, 0.29) is 88.7 Å². The lowest BCUT2D eigenvalue weighted by atomic mass is 10.1. The van der Waals surface area contributed by atoms with E-state index >= 15 is 0 Å². The molecule has 0 aromatic carbocycles. The van der Waals surface area contributed by atoms with Crippen molar-refractivity contribution < 1.29 is 49.6 Å². The van der Waals surface area contributed by atoms with E-state index in [0.717, 1.165) is 36.4 Å². The summed E-state index contributed by atoms with van der Waals surface area (Å²) >= 11 is 0. The third kappa shape index (κ3) is 10.4. The highest BCUT2D eigenvalue weighted by Crippen LogP contribution is 2.15. The molecule has 334 valence electrons. The lowest BCUT2D eigenvalue weighted by Crippen LogP contribution is -2.48. The van der Waals surface area contributed by atoms with Crippen molar-refractivity contribution in [2.24, 2.45) is 0 Å². The molecule has 4 aromatic heterocycles. The van der Waals surface area contributed by atoms with Gasteiger partial charge in [-0.25, -0.2) is 0 Å². The summed E-state index contributed by atoms with van der Waals surface area (Å²) in [6.07, 6.45) is -0.736. The van der Waals surface area contributed by atoms with Crippen LogP contribution >= 0.6 is 0 Å². The number of amides is 6. The minimum atomic E-state index is -1.29. The highest BCUT2D eigenvalue weighted by molar-refractivity contribution is 5.98. The fraction of sp³-hybridized carbons (Fsp3) is 0.333. The van der Waals surface area contributed by atoms with Crippen molar-refractivity contribution in [3.8, 4) is 0 Å². The summed E-state index contributed by atoms with van der Waals surface area (Å²) in [5.41, 5.74) is -7.48. The van der Waals surface area contributed by atoms with Gasteiger partial charge in [-0.05, 0) is 75.9 Å². The predicted octanol–water partition coefficient (Wildman–Crippen LogP) is -1.50. The van der Waals surface area contributed by atoms with E-state index in [1.54, 1.807) is 6.92 Å². The van der Waals surface area contributed by atoms with E-state index < -0.39 is 92.4 Å². The van der Waals surface area contributed by atoms with Crippen LogP contribution in [0.2, 0.25) is 0 Å². The number of carbonyl (C=O) groups excluding carboxylic acids is 6. The molecule has 3 aliphatic rings. The van der Waals surface area contributed by atoms with E-state index in [0.29, 0.717) is 0 Å². The Morgan fingerprint density at radius 3 is 1.48 bits per heavy atom. The van der Waals surface area contributed by atoms with E-state index in [9.17, 15) is 68.8 Å². The van der Waals surface area contributed by atoms with Crippen LogP contribution in [0.25, 0.3) is 0 Å². The summed E-state index contributed by atoms with van der Waals surface area (Å²) in [6.45, 7) is 2.50. The molecule has 63 heavy (non-hydrogen) atoms. The van der Waals surface area contributed by atoms with Gasteiger partial charge in [0.1, 0.15) is 33.9 Å². The van der Waals surface area contributed by atoms with Crippen molar-refractivity contribution in [2.45, 2.75) is 51.7 Å². The SMILES string of the molecule is CC1NC(=O)c2ccc(c(=O)n2O)C(=O)NCCCN(C(=O)c2cccc(=O)n2O)CCCC(C)N(C(=O)c2cccc(=O)n2O)CCCNC(=O)c2ccc(n(O)c2=O)C(=O)N1. The van der Waals surface area contributed by atoms with Gasteiger partial charge in [0.25, 0.3) is 57.7 Å². The average molecular weight is 877 g/mol. The Hall–Kier alpha value is -8.18. The first-order chi connectivity index (χ1) is 29.9. The minimum absolute atomic E-state index is 0.0198. The maximum absolute atomic E-state index is 13.8. The Kier molecular flexibility index (Phi) is 14.5. The first kappa shape index (κ1) is 45.9. The van der Waals surface area contributed by atoms with Crippen LogP contribution in [0.4, 0.5) is 0 Å². The van der Waals surface area contributed by atoms with E-state index in [2.05, 4.69) is 21.3 Å². The maximum atomic E-state index is 13.8. The third-order valence-corrected chi connectivity index (χ3v) is 9.95. The van der Waals surface area contributed by atoms with Gasteiger partial charge in [0.2, 0.25) is 0 Å². The van der Waals surface area contributed by atoms with Gasteiger partial charge in [0, 0.05) is 50.9 Å². The highest BCUT2D eigenvalue weighted by Gasteiger charge is 2.27. The first-order valence-electron chi connectivity index (χ1n) is 19.4. The normalized spacial score (nSPS) is 17.7. The Morgan fingerprint density at radius 2 is 0.984 bits per heavy atom. The summed E-state index contributed by atoms with van der Waals surface area (Å²) in [5.74, 6) is -5.61. The Labute approximate surface area is 355 Å². The monoisotopic (exact) mass is 876 g/mol. The number of hydrogen-bond donors (Lipinski definition) is 8. The van der Waals surface area contributed by atoms with Gasteiger partial charge in [-0.1, -0.05) is 12.1 Å². The van der Waals surface area contributed by atoms with Gasteiger partial charge in [-0.3, -0.25) is 47.9 Å². The molecule has 7 heterocycles. The number of nitrogens with zero attached hydrogens (tertiary/aromatic N) is 6. The van der Waals surface area contributed by atoms with Crippen LogP contribution in [0, 0.1) is 0 Å². The Bertz CT molecular complexity index is 2690. The molecule has 0 radical (unpaired) electrons. The predicted molar refractivity (Wildman–Crippen MR) is 215 cm³/mol. The molecule has 24 nitrogen and oxygen atoms in total. The van der Waals surface area contributed by atoms with Gasteiger partial charge >= 0.3 is 0 Å². The molecule has 8 N–H and O–H groups in total. The molecule has 6 amide bonds. The lowest BCUT2D eigenvalue weighted by Gasteiger charge is -2.31. The fourth-order valence-electron chi connectivity index (χ4n) is 6.60. The summed E-state index contributed by atoms with van der Waals surface area (Å²) < 4.78 is 0.187. The number of hydrogen-bond acceptors (Lipinski definition) is 14. The van der Waals surface area contributed by atoms with Gasteiger partial charge in [0.15, 0.2) is 0 Å². The van der Waals surface area contributed by atoms with Crippen LogP contribution < -0.4 is 43.5 Å². The molecular weight excluding hydrogens is 832 g/mol. The second-order valence-electron chi connectivity index (χ2n) is 14.3. The fourth-order valence-corrected chi connectivity index (χ4v) is 6.60. The molecule has 0 fully saturated rings. The summed E-state index contributed by atoms with van der Waals surface area (Å²) in [6, 6.07) is 10.3. The lowest BCUT2D eigenvalue weighted by molar-refractivity contribution is 0.0600. The van der Waals surface area contributed by atoms with E-state index in [1.165, 1.54) is 41.0 Å². The summed E-state index contributed by atoms with van der Waals surface area (Å²) in [4.78, 5) is 132. The number of nitrogens with one attached hydrogen (secondary N) is 4. The molecule has 0 aliphatic carbocycles. The molecule has 2 unspecified atom stereocenters. The molecule has 4 aromatic rings. The highest BCUT2D eigenvalue weighted by atomic mass is 16.5. The van der Waals surface area contributed by atoms with Gasteiger partial charge in [0.05, 0.1) is 6.17 Å². The molecular formula is C39H44N10O14. The Balaban J connectivity index is 1.45. The summed E-state index contributed by atoms with van der Waals surface area (Å²) in [5, 5.41) is 51.3. The van der Waals surface area contributed by atoms with Crippen LogP contribution in [0.3, 0.4) is 0 Å². The molecule has 0 saturated carbocycles. The van der Waals surface area contributed by atoms with Crippen LogP contribution in [0.1, 0.15) is 102 Å². The molecule has 2 atom stereocenters. The van der Waals surface area contributed by atoms with Crippen molar-refractivity contribution in [2.75, 3.05) is 32.7 Å². The van der Waals surface area contributed by atoms with Gasteiger partial charge in [-0.2, -0.15) is 0 Å². The quantitative estimate of drug-likeness (QED) is 0.106. The number of pyridine rings is 4. The summed E-state index contributed by atoms with van der Waals surface area (Å²) in [7, 11) is 0. The molecule has 7 rings (SSSR count). The molecule has 0 spiro atoms. The van der Waals surface area contributed by atoms with Crippen LogP contribution in [-0.4, -0.2) is 130 Å². The maximum Gasteiger partial charge on any atom is 0.296 e. The molecule has 4 bridgehead atoms. The molecule has 3 aliphatic heterocycles. The van der Waals surface area contributed by atoms with Crippen molar-refractivity contribution in [3.05, 3.63) is 136 Å². The zero-order valence-electron chi connectivity index (χ0n) is 33.8.